The Kier molecular flexibility index (Phi) is 6.70. The molecule has 1 aromatic carbocycles. The highest BCUT2D eigenvalue weighted by molar-refractivity contribution is 8.00. The van der Waals surface area contributed by atoms with Gasteiger partial charge in [0.25, 0.3) is 0 Å². The first kappa shape index (κ1) is 19.1. The largest absolute Gasteiger partial charge is 0.352 e. The average Bonchev–Trinajstić information content (AvgIpc) is 2.57. The number of hydrogen-bond acceptors (Lipinski definition) is 4. The van der Waals surface area contributed by atoms with E-state index in [0.717, 1.165) is 10.6 Å². The van der Waals surface area contributed by atoms with Gasteiger partial charge in [0.05, 0.1) is 10.3 Å². The third-order valence-corrected chi connectivity index (χ3v) is 5.20. The number of nitrogens with one attached hydrogen (secondary N) is 1. The molecular weight excluding hydrogens is 339 g/mol. The number of carbonyl (C=O) groups is 2. The molecule has 1 heterocycles. The highest BCUT2D eigenvalue weighted by Crippen LogP contribution is 2.26. The average molecular weight is 360 g/mol. The minimum Gasteiger partial charge on any atom is -0.352 e. The topological polar surface area (TPSA) is 59.1 Å². The van der Waals surface area contributed by atoms with Gasteiger partial charge in [0.1, 0.15) is 11.6 Å². The number of amides is 1. The molecule has 1 unspecified atom stereocenters. The normalized spacial score (nSPS) is 11.8. The van der Waals surface area contributed by atoms with Gasteiger partial charge < -0.3 is 5.32 Å². The lowest BCUT2D eigenvalue weighted by Crippen LogP contribution is -2.28. The minimum absolute atomic E-state index is 0.0599. The number of aromatic nitrogens is 1. The van der Waals surface area contributed by atoms with E-state index in [1.807, 2.05) is 19.1 Å². The van der Waals surface area contributed by atoms with Crippen LogP contribution in [0.2, 0.25) is 0 Å². The lowest BCUT2D eigenvalue weighted by molar-refractivity contribution is -0.124. The Labute approximate surface area is 151 Å². The standard InChI is InChI=1S/C19H21FN2O2S/c1-12-6-7-15(9-16(12)20)11-22-18(24)10-17(14(3)23)25-19-13(2)5-4-8-21-19/h4-9,17H,10-11H2,1-3H3,(H,22,24). The van der Waals surface area contributed by atoms with Gasteiger partial charge in [0.2, 0.25) is 5.91 Å². The van der Waals surface area contributed by atoms with E-state index in [9.17, 15) is 14.0 Å². The molecule has 4 nitrogen and oxygen atoms in total. The molecule has 2 rings (SSSR count). The second-order valence-corrected chi connectivity index (χ2v) is 7.10. The number of halogens is 1. The molecule has 0 saturated heterocycles. The van der Waals surface area contributed by atoms with Gasteiger partial charge in [-0.15, -0.1) is 0 Å². The van der Waals surface area contributed by atoms with Crippen LogP contribution in [0.25, 0.3) is 0 Å². The van der Waals surface area contributed by atoms with Crippen molar-refractivity contribution in [1.29, 1.82) is 0 Å². The fourth-order valence-electron chi connectivity index (χ4n) is 2.19. The predicted octanol–water partition coefficient (Wildman–Crippen LogP) is 3.59. The van der Waals surface area contributed by atoms with E-state index in [1.54, 1.807) is 25.3 Å². The number of rotatable bonds is 7. The molecule has 1 atom stereocenters. The molecule has 0 radical (unpaired) electrons. The number of nitrogens with zero attached hydrogens (tertiary/aromatic N) is 1. The van der Waals surface area contributed by atoms with Crippen LogP contribution in [0.15, 0.2) is 41.6 Å². The number of benzene rings is 1. The number of carbonyl (C=O) groups excluding carboxylic acids is 2. The third kappa shape index (κ3) is 5.67. The minimum atomic E-state index is -0.497. The summed E-state index contributed by atoms with van der Waals surface area (Å²) in [5.74, 6) is -0.622. The second-order valence-electron chi connectivity index (χ2n) is 5.91. The van der Waals surface area contributed by atoms with Crippen molar-refractivity contribution < 1.29 is 14.0 Å². The van der Waals surface area contributed by atoms with Crippen LogP contribution in [-0.4, -0.2) is 21.9 Å². The van der Waals surface area contributed by atoms with Crippen LogP contribution in [0.3, 0.4) is 0 Å². The summed E-state index contributed by atoms with van der Waals surface area (Å²) in [6.45, 7) is 5.30. The molecule has 0 aliphatic heterocycles. The van der Waals surface area contributed by atoms with E-state index in [4.69, 9.17) is 0 Å². The predicted molar refractivity (Wildman–Crippen MR) is 96.9 cm³/mol. The monoisotopic (exact) mass is 360 g/mol. The Hall–Kier alpha value is -2.21. The molecule has 0 aliphatic carbocycles. The van der Waals surface area contributed by atoms with E-state index in [2.05, 4.69) is 10.3 Å². The number of ketones is 1. The van der Waals surface area contributed by atoms with Gasteiger partial charge in [0, 0.05) is 19.2 Å². The molecule has 0 saturated carbocycles. The fourth-order valence-corrected chi connectivity index (χ4v) is 3.23. The molecule has 0 aliphatic rings. The Morgan fingerprint density at radius 3 is 2.64 bits per heavy atom. The Balaban J connectivity index is 1.94. The zero-order valence-corrected chi connectivity index (χ0v) is 15.3. The summed E-state index contributed by atoms with van der Waals surface area (Å²) in [6.07, 6.45) is 1.73. The van der Waals surface area contributed by atoms with Gasteiger partial charge in [0.15, 0.2) is 0 Å². The van der Waals surface area contributed by atoms with Crippen molar-refractivity contribution in [2.75, 3.05) is 0 Å². The summed E-state index contributed by atoms with van der Waals surface area (Å²) in [6, 6.07) is 8.60. The molecule has 1 amide bonds. The Bertz CT molecular complexity index is 780. The zero-order valence-electron chi connectivity index (χ0n) is 14.5. The highest BCUT2D eigenvalue weighted by Gasteiger charge is 2.21. The summed E-state index contributed by atoms with van der Waals surface area (Å²) >= 11 is 1.30. The SMILES string of the molecule is CC(=O)C(CC(=O)NCc1ccc(C)c(F)c1)Sc1ncccc1C. The summed E-state index contributed by atoms with van der Waals surface area (Å²) in [4.78, 5) is 28.3. The van der Waals surface area contributed by atoms with Gasteiger partial charge >= 0.3 is 0 Å². The van der Waals surface area contributed by atoms with Crippen LogP contribution in [0.4, 0.5) is 4.39 Å². The highest BCUT2D eigenvalue weighted by atomic mass is 32.2. The Morgan fingerprint density at radius 1 is 1.24 bits per heavy atom. The number of Topliss-reactive ketones (excluding diaryl/α,β-unsaturated/α-hetero) is 1. The smallest absolute Gasteiger partial charge is 0.221 e. The van der Waals surface area contributed by atoms with Crippen LogP contribution >= 0.6 is 11.8 Å². The van der Waals surface area contributed by atoms with Crippen molar-refractivity contribution in [2.24, 2.45) is 0 Å². The molecule has 1 N–H and O–H groups in total. The van der Waals surface area contributed by atoms with Gasteiger partial charge in [-0.25, -0.2) is 9.37 Å². The van der Waals surface area contributed by atoms with Crippen LogP contribution in [-0.2, 0) is 16.1 Å². The molecule has 2 aromatic rings. The summed E-state index contributed by atoms with van der Waals surface area (Å²) < 4.78 is 13.5. The third-order valence-electron chi connectivity index (χ3n) is 3.77. The van der Waals surface area contributed by atoms with Crippen molar-refractivity contribution in [3.8, 4) is 0 Å². The molecule has 0 spiro atoms. The van der Waals surface area contributed by atoms with E-state index in [0.29, 0.717) is 11.1 Å². The number of hydrogen-bond donors (Lipinski definition) is 1. The molecule has 0 bridgehead atoms. The molecule has 0 fully saturated rings. The molecule has 1 aromatic heterocycles. The summed E-state index contributed by atoms with van der Waals surface area (Å²) in [5.41, 5.74) is 2.21. The van der Waals surface area contributed by atoms with Crippen molar-refractivity contribution >= 4 is 23.5 Å². The van der Waals surface area contributed by atoms with Crippen molar-refractivity contribution in [3.05, 3.63) is 59.0 Å². The van der Waals surface area contributed by atoms with Crippen molar-refractivity contribution in [2.45, 2.75) is 44.0 Å². The number of aryl methyl sites for hydroxylation is 2. The lowest BCUT2D eigenvalue weighted by Gasteiger charge is -2.14. The van der Waals surface area contributed by atoms with E-state index >= 15 is 0 Å². The van der Waals surface area contributed by atoms with Gasteiger partial charge in [-0.1, -0.05) is 30.0 Å². The van der Waals surface area contributed by atoms with Crippen LogP contribution in [0, 0.1) is 19.7 Å². The summed E-state index contributed by atoms with van der Waals surface area (Å²) in [5, 5.41) is 2.99. The number of thioether (sulfide) groups is 1. The first-order valence-electron chi connectivity index (χ1n) is 7.97. The van der Waals surface area contributed by atoms with Crippen LogP contribution < -0.4 is 5.32 Å². The number of pyridine rings is 1. The van der Waals surface area contributed by atoms with Crippen LogP contribution in [0.5, 0.6) is 0 Å². The van der Waals surface area contributed by atoms with Crippen molar-refractivity contribution in [3.63, 3.8) is 0 Å². The maximum absolute atomic E-state index is 13.5. The molecule has 132 valence electrons. The second kappa shape index (κ2) is 8.76. The Morgan fingerprint density at radius 2 is 2.00 bits per heavy atom. The van der Waals surface area contributed by atoms with Crippen LogP contribution in [0.1, 0.15) is 30.0 Å². The van der Waals surface area contributed by atoms with Gasteiger partial charge in [-0.05, 0) is 49.6 Å². The van der Waals surface area contributed by atoms with Gasteiger partial charge in [-0.3, -0.25) is 9.59 Å². The lowest BCUT2D eigenvalue weighted by atomic mass is 10.1. The summed E-state index contributed by atoms with van der Waals surface area (Å²) in [7, 11) is 0. The van der Waals surface area contributed by atoms with Gasteiger partial charge in [-0.2, -0.15) is 0 Å². The van der Waals surface area contributed by atoms with E-state index < -0.39 is 5.25 Å². The first-order chi connectivity index (χ1) is 11.9. The van der Waals surface area contributed by atoms with E-state index in [-0.39, 0.29) is 30.5 Å². The van der Waals surface area contributed by atoms with Crippen molar-refractivity contribution in [1.82, 2.24) is 10.3 Å². The fraction of sp³-hybridized carbons (Fsp3) is 0.316. The maximum Gasteiger partial charge on any atom is 0.221 e. The van der Waals surface area contributed by atoms with E-state index in [1.165, 1.54) is 24.8 Å². The molecular formula is C19H21FN2O2S. The first-order valence-corrected chi connectivity index (χ1v) is 8.85. The quantitative estimate of drug-likeness (QED) is 0.767. The zero-order chi connectivity index (χ0) is 18.4. The maximum atomic E-state index is 13.5. The molecule has 25 heavy (non-hydrogen) atoms. The molecule has 6 heteroatoms.